The molecule has 1 aliphatic carbocycles. The fourth-order valence-corrected chi connectivity index (χ4v) is 1.26. The molecule has 0 aromatic rings. The highest BCUT2D eigenvalue weighted by Gasteiger charge is 2.22. The molecule has 1 rings (SSSR count). The van der Waals surface area contributed by atoms with Crippen molar-refractivity contribution in [1.29, 1.82) is 0 Å². The Hall–Kier alpha value is -1.87. The van der Waals surface area contributed by atoms with Crippen LogP contribution < -0.4 is 5.32 Å². The van der Waals surface area contributed by atoms with E-state index in [0.29, 0.717) is 6.04 Å². The van der Waals surface area contributed by atoms with Crippen molar-refractivity contribution in [3.05, 3.63) is 0 Å². The Morgan fingerprint density at radius 1 is 1.35 bits per heavy atom. The van der Waals surface area contributed by atoms with E-state index in [1.54, 1.807) is 0 Å². The minimum atomic E-state index is -1.39. The molecule has 0 aromatic carbocycles. The van der Waals surface area contributed by atoms with Crippen molar-refractivity contribution >= 4 is 18.5 Å². The van der Waals surface area contributed by atoms with Gasteiger partial charge in [-0.2, -0.15) is 0 Å². The Labute approximate surface area is 135 Å². The third-order valence-electron chi connectivity index (χ3n) is 2.44. The third-order valence-corrected chi connectivity index (χ3v) is 2.44. The van der Waals surface area contributed by atoms with E-state index in [1.165, 1.54) is 13.5 Å². The van der Waals surface area contributed by atoms with Gasteiger partial charge >= 0.3 is 12.1 Å². The molecule has 136 valence electrons. The average molecular weight is 337 g/mol. The van der Waals surface area contributed by atoms with Crippen LogP contribution in [-0.2, 0) is 19.1 Å². The molecule has 9 nitrogen and oxygen atoms in total. The van der Waals surface area contributed by atoms with Crippen LogP contribution in [0, 0.1) is 0 Å². The second-order valence-corrected chi connectivity index (χ2v) is 5.69. The number of aliphatic carboxylic acids is 1. The number of carboxylic acids is 1. The zero-order chi connectivity index (χ0) is 18.5. The van der Waals surface area contributed by atoms with E-state index < -0.39 is 12.1 Å². The summed E-state index contributed by atoms with van der Waals surface area (Å²) in [5.41, 5.74) is -0.381. The predicted octanol–water partition coefficient (Wildman–Crippen LogP) is 0.843. The average Bonchev–Trinajstić information content (AvgIpc) is 2.34. The molecule has 1 atom stereocenters. The maximum Gasteiger partial charge on any atom is 0.407 e. The molecule has 1 amide bonds. The van der Waals surface area contributed by atoms with Gasteiger partial charge in [0.1, 0.15) is 5.60 Å². The number of carboxylic acid groups (broad SMARTS) is 2. The molecular weight excluding hydrogens is 310 g/mol. The molecule has 1 unspecified atom stereocenters. The first-order valence-electron chi connectivity index (χ1n) is 7.04. The van der Waals surface area contributed by atoms with Crippen LogP contribution in [0.4, 0.5) is 4.79 Å². The van der Waals surface area contributed by atoms with Crippen molar-refractivity contribution in [1.82, 2.24) is 5.32 Å². The number of alkyl carbamates (subject to hydrolysis) is 1. The van der Waals surface area contributed by atoms with Gasteiger partial charge in [0, 0.05) is 13.2 Å². The molecule has 0 aliphatic heterocycles. The number of carbonyl (C=O) groups excluding carboxylic acids is 1. The number of carbonyl (C=O) groups is 3. The highest BCUT2D eigenvalue weighted by atomic mass is 16.6. The number of hydrogen-bond donors (Lipinski definition) is 4. The normalized spacial score (nSPS) is 14.7. The smallest absolute Gasteiger partial charge is 0.407 e. The maximum atomic E-state index is 11.1. The van der Waals surface area contributed by atoms with Gasteiger partial charge in [-0.1, -0.05) is 0 Å². The lowest BCUT2D eigenvalue weighted by Gasteiger charge is -2.28. The lowest BCUT2D eigenvalue weighted by atomic mass is 9.93. The van der Waals surface area contributed by atoms with Crippen molar-refractivity contribution in [3.63, 3.8) is 0 Å². The molecule has 1 aliphatic rings. The van der Waals surface area contributed by atoms with E-state index in [4.69, 9.17) is 24.9 Å². The first-order valence-corrected chi connectivity index (χ1v) is 7.04. The summed E-state index contributed by atoms with van der Waals surface area (Å²) in [6.07, 6.45) is 1.74. The molecule has 0 spiro atoms. The minimum Gasteiger partial charge on any atom is -0.483 e. The number of hydrogen-bond acceptors (Lipinski definition) is 6. The Balaban J connectivity index is 0. The van der Waals surface area contributed by atoms with Gasteiger partial charge in [-0.15, -0.1) is 0 Å². The molecule has 0 radical (unpaired) electrons. The molecule has 4 N–H and O–H groups in total. The summed E-state index contributed by atoms with van der Waals surface area (Å²) in [6, 6.07) is 0.361. The number of amides is 1. The predicted molar refractivity (Wildman–Crippen MR) is 81.2 cm³/mol. The van der Waals surface area contributed by atoms with E-state index in [1.807, 2.05) is 20.8 Å². The summed E-state index contributed by atoms with van der Waals surface area (Å²) in [6.45, 7) is 5.20. The molecule has 9 heteroatoms. The van der Waals surface area contributed by atoms with Crippen molar-refractivity contribution in [2.75, 3.05) is 13.7 Å². The van der Waals surface area contributed by atoms with E-state index in [-0.39, 0.29) is 24.8 Å². The number of aliphatic hydroxyl groups is 1. The summed E-state index contributed by atoms with van der Waals surface area (Å²) in [4.78, 5) is 29.2. The Morgan fingerprint density at radius 3 is 2.04 bits per heavy atom. The largest absolute Gasteiger partial charge is 0.483 e. The summed E-state index contributed by atoms with van der Waals surface area (Å²) in [5, 5.41) is 26.1. The number of aliphatic hydroxyl groups excluding tert-OH is 1. The van der Waals surface area contributed by atoms with Crippen LogP contribution in [0.25, 0.3) is 0 Å². The Morgan fingerprint density at radius 2 is 1.83 bits per heavy atom. The zero-order valence-corrected chi connectivity index (χ0v) is 13.9. The Kier molecular flexibility index (Phi) is 12.9. The maximum absolute atomic E-state index is 11.1. The van der Waals surface area contributed by atoms with Crippen molar-refractivity contribution in [2.45, 2.75) is 57.8 Å². The fraction of sp³-hybridized carbons (Fsp3) is 0.786. The quantitative estimate of drug-likeness (QED) is 0.553. The molecule has 0 heterocycles. The van der Waals surface area contributed by atoms with Gasteiger partial charge < -0.3 is 30.1 Å². The van der Waals surface area contributed by atoms with Crippen LogP contribution in [0.2, 0.25) is 0 Å². The second kappa shape index (κ2) is 12.7. The van der Waals surface area contributed by atoms with E-state index in [0.717, 1.165) is 12.8 Å². The highest BCUT2D eigenvalue weighted by molar-refractivity contribution is 5.71. The molecule has 1 fully saturated rings. The number of ether oxygens (including phenoxy) is 2. The van der Waals surface area contributed by atoms with Gasteiger partial charge in [-0.3, -0.25) is 4.79 Å². The van der Waals surface area contributed by atoms with Gasteiger partial charge in [0.25, 0.3) is 6.47 Å². The second-order valence-electron chi connectivity index (χ2n) is 5.69. The molecule has 1 saturated carbocycles. The lowest BCUT2D eigenvalue weighted by Crippen LogP contribution is -2.42. The van der Waals surface area contributed by atoms with Crippen LogP contribution in [-0.4, -0.2) is 65.3 Å². The van der Waals surface area contributed by atoms with Crippen molar-refractivity contribution in [2.24, 2.45) is 0 Å². The summed E-state index contributed by atoms with van der Waals surface area (Å²) in [7, 11) is 1.33. The van der Waals surface area contributed by atoms with Crippen LogP contribution >= 0.6 is 0 Å². The summed E-state index contributed by atoms with van der Waals surface area (Å²) < 4.78 is 9.43. The lowest BCUT2D eigenvalue weighted by molar-refractivity contribution is -0.149. The van der Waals surface area contributed by atoms with Crippen LogP contribution in [0.1, 0.15) is 40.0 Å². The highest BCUT2D eigenvalue weighted by Crippen LogP contribution is 2.18. The standard InChI is InChI=1S/C9H17NO2.C4H8O4.CH2O2/c1-9(2,3)12-8(11)10-7-5-4-6-7;1-8-2-3(5)4(6)7;2-1-3/h7H,4-6H2,1-3H3,(H,10,11);3,5H,2H2,1H3,(H,6,7);1H,(H,2,3). The van der Waals surface area contributed by atoms with Crippen LogP contribution in [0.5, 0.6) is 0 Å². The summed E-state index contributed by atoms with van der Waals surface area (Å²) in [5.74, 6) is -1.26. The number of nitrogens with one attached hydrogen (secondary N) is 1. The first-order chi connectivity index (χ1) is 10.6. The van der Waals surface area contributed by atoms with E-state index >= 15 is 0 Å². The topological polar surface area (TPSA) is 142 Å². The van der Waals surface area contributed by atoms with Gasteiger partial charge in [-0.05, 0) is 40.0 Å². The summed E-state index contributed by atoms with van der Waals surface area (Å²) >= 11 is 0. The van der Waals surface area contributed by atoms with Crippen LogP contribution in [0.3, 0.4) is 0 Å². The number of rotatable bonds is 4. The van der Waals surface area contributed by atoms with Gasteiger partial charge in [0.15, 0.2) is 6.10 Å². The minimum absolute atomic E-state index is 0.157. The molecule has 23 heavy (non-hydrogen) atoms. The molecular formula is C14H27NO8. The molecule has 0 aromatic heterocycles. The van der Waals surface area contributed by atoms with Crippen molar-refractivity contribution < 1.29 is 39.2 Å². The first kappa shape index (κ1) is 23.4. The number of methoxy groups -OCH3 is 1. The van der Waals surface area contributed by atoms with Crippen molar-refractivity contribution in [3.8, 4) is 0 Å². The van der Waals surface area contributed by atoms with Gasteiger partial charge in [0.05, 0.1) is 6.61 Å². The molecule has 0 saturated heterocycles. The van der Waals surface area contributed by atoms with E-state index in [2.05, 4.69) is 10.1 Å². The third kappa shape index (κ3) is 16.3. The zero-order valence-electron chi connectivity index (χ0n) is 13.9. The van der Waals surface area contributed by atoms with Gasteiger partial charge in [0.2, 0.25) is 0 Å². The SMILES string of the molecule is CC(C)(C)OC(=O)NC1CCC1.COCC(O)C(=O)O.O=CO. The van der Waals surface area contributed by atoms with E-state index in [9.17, 15) is 9.59 Å². The van der Waals surface area contributed by atoms with Crippen LogP contribution in [0.15, 0.2) is 0 Å². The fourth-order valence-electron chi connectivity index (χ4n) is 1.26. The van der Waals surface area contributed by atoms with Gasteiger partial charge in [-0.25, -0.2) is 9.59 Å². The monoisotopic (exact) mass is 337 g/mol. The molecule has 0 bridgehead atoms. The Bertz CT molecular complexity index is 349.